The highest BCUT2D eigenvalue weighted by Crippen LogP contribution is 2.36. The molecule has 6 heteroatoms. The molecule has 0 aliphatic carbocycles. The number of aliphatic imine (C=N–C) groups is 1. The summed E-state index contributed by atoms with van der Waals surface area (Å²) in [6.07, 6.45) is -0.813. The van der Waals surface area contributed by atoms with Gasteiger partial charge in [0.15, 0.2) is 18.1 Å². The lowest BCUT2D eigenvalue weighted by atomic mass is 9.86. The molecule has 0 saturated heterocycles. The van der Waals surface area contributed by atoms with Gasteiger partial charge < -0.3 is 10.5 Å². The molecule has 3 nitrogen and oxygen atoms in total. The van der Waals surface area contributed by atoms with Crippen LogP contribution in [0, 0.1) is 5.82 Å². The first-order valence-electron chi connectivity index (χ1n) is 5.01. The van der Waals surface area contributed by atoms with E-state index in [1.807, 2.05) is 0 Å². The zero-order valence-electron chi connectivity index (χ0n) is 8.87. The standard InChI is InChI=1S/C11H11F3N2O/c12-5-11(10(14)4-17-6-16-11)8-3-7(15)1-2-9(8)13/h1-3,6,10H,4-5,15H2/t10-,11-/m1/s1. The van der Waals surface area contributed by atoms with E-state index in [9.17, 15) is 13.2 Å². The number of nitrogens with two attached hydrogens (primary N) is 1. The number of benzene rings is 1. The van der Waals surface area contributed by atoms with E-state index < -0.39 is 24.2 Å². The van der Waals surface area contributed by atoms with E-state index in [1.165, 1.54) is 12.1 Å². The molecule has 1 aliphatic rings. The fraction of sp³-hybridized carbons (Fsp3) is 0.364. The van der Waals surface area contributed by atoms with Crippen molar-refractivity contribution in [2.75, 3.05) is 19.0 Å². The number of rotatable bonds is 2. The summed E-state index contributed by atoms with van der Waals surface area (Å²) in [6.45, 7) is -1.52. The summed E-state index contributed by atoms with van der Waals surface area (Å²) in [4.78, 5) is 3.64. The average Bonchev–Trinajstić information content (AvgIpc) is 2.33. The molecule has 92 valence electrons. The zero-order chi connectivity index (χ0) is 12.5. The van der Waals surface area contributed by atoms with Gasteiger partial charge in [0.2, 0.25) is 0 Å². The van der Waals surface area contributed by atoms with Crippen molar-refractivity contribution in [1.82, 2.24) is 0 Å². The number of nitrogen functional groups attached to an aromatic ring is 1. The number of ether oxygens (including phenoxy) is 1. The highest BCUT2D eigenvalue weighted by Gasteiger charge is 2.45. The summed E-state index contributed by atoms with van der Waals surface area (Å²) in [6, 6.07) is 3.59. The van der Waals surface area contributed by atoms with Gasteiger partial charge >= 0.3 is 0 Å². The van der Waals surface area contributed by atoms with Gasteiger partial charge in [-0.15, -0.1) is 0 Å². The zero-order valence-corrected chi connectivity index (χ0v) is 8.87. The normalized spacial score (nSPS) is 27.8. The molecule has 0 bridgehead atoms. The van der Waals surface area contributed by atoms with Gasteiger partial charge in [-0.3, -0.25) is 0 Å². The Morgan fingerprint density at radius 2 is 2.29 bits per heavy atom. The molecular formula is C11H11F3N2O. The smallest absolute Gasteiger partial charge is 0.170 e. The van der Waals surface area contributed by atoms with E-state index in [1.54, 1.807) is 0 Å². The highest BCUT2D eigenvalue weighted by atomic mass is 19.1. The van der Waals surface area contributed by atoms with E-state index >= 15 is 0 Å². The van der Waals surface area contributed by atoms with Crippen LogP contribution in [0.2, 0.25) is 0 Å². The Labute approximate surface area is 96.1 Å². The van der Waals surface area contributed by atoms with Crippen molar-refractivity contribution in [1.29, 1.82) is 0 Å². The maximum absolute atomic E-state index is 13.8. The van der Waals surface area contributed by atoms with Crippen LogP contribution in [0.3, 0.4) is 0 Å². The van der Waals surface area contributed by atoms with Crippen LogP contribution in [0.5, 0.6) is 0 Å². The van der Waals surface area contributed by atoms with Crippen LogP contribution in [0.4, 0.5) is 18.9 Å². The number of nitrogens with zero attached hydrogens (tertiary/aromatic N) is 1. The Kier molecular flexibility index (Phi) is 2.95. The largest absolute Gasteiger partial charge is 0.480 e. The maximum Gasteiger partial charge on any atom is 0.170 e. The van der Waals surface area contributed by atoms with Crippen molar-refractivity contribution in [3.8, 4) is 0 Å². The highest BCUT2D eigenvalue weighted by molar-refractivity contribution is 5.53. The van der Waals surface area contributed by atoms with Crippen molar-refractivity contribution in [3.05, 3.63) is 29.6 Å². The maximum atomic E-state index is 13.8. The Morgan fingerprint density at radius 3 is 2.94 bits per heavy atom. The van der Waals surface area contributed by atoms with Crippen molar-refractivity contribution in [2.45, 2.75) is 11.7 Å². The van der Waals surface area contributed by atoms with E-state index in [2.05, 4.69) is 9.73 Å². The fourth-order valence-electron chi connectivity index (χ4n) is 1.78. The van der Waals surface area contributed by atoms with Gasteiger partial charge in [-0.1, -0.05) is 0 Å². The molecule has 0 unspecified atom stereocenters. The van der Waals surface area contributed by atoms with Gasteiger partial charge in [0.05, 0.1) is 0 Å². The first-order valence-corrected chi connectivity index (χ1v) is 5.01. The second kappa shape index (κ2) is 4.27. The quantitative estimate of drug-likeness (QED) is 0.808. The number of halogens is 3. The van der Waals surface area contributed by atoms with Crippen molar-refractivity contribution < 1.29 is 17.9 Å². The van der Waals surface area contributed by atoms with Crippen molar-refractivity contribution in [3.63, 3.8) is 0 Å². The van der Waals surface area contributed by atoms with Crippen LogP contribution in [-0.4, -0.2) is 25.9 Å². The van der Waals surface area contributed by atoms with E-state index in [-0.39, 0.29) is 17.9 Å². The number of hydrogen-bond acceptors (Lipinski definition) is 3. The molecule has 2 rings (SSSR count). The second-order valence-electron chi connectivity index (χ2n) is 3.83. The Balaban J connectivity index is 2.57. The molecule has 0 fully saturated rings. The molecule has 17 heavy (non-hydrogen) atoms. The third-order valence-corrected chi connectivity index (χ3v) is 2.78. The van der Waals surface area contributed by atoms with Crippen LogP contribution in [0.1, 0.15) is 5.56 Å². The summed E-state index contributed by atoms with van der Waals surface area (Å²) in [5.74, 6) is -0.737. The molecule has 2 atom stereocenters. The summed E-state index contributed by atoms with van der Waals surface area (Å²) in [5.41, 5.74) is 3.64. The van der Waals surface area contributed by atoms with E-state index in [0.29, 0.717) is 0 Å². The number of anilines is 1. The Morgan fingerprint density at radius 1 is 1.53 bits per heavy atom. The van der Waals surface area contributed by atoms with E-state index in [0.717, 1.165) is 12.5 Å². The van der Waals surface area contributed by atoms with Crippen LogP contribution in [0.25, 0.3) is 0 Å². The lowest BCUT2D eigenvalue weighted by Gasteiger charge is -2.33. The summed E-state index contributed by atoms with van der Waals surface area (Å²) >= 11 is 0. The van der Waals surface area contributed by atoms with Gasteiger partial charge in [-0.25, -0.2) is 18.2 Å². The van der Waals surface area contributed by atoms with Gasteiger partial charge in [0.25, 0.3) is 0 Å². The lowest BCUT2D eigenvalue weighted by Crippen LogP contribution is -2.43. The van der Waals surface area contributed by atoms with Crippen molar-refractivity contribution >= 4 is 12.1 Å². The number of alkyl halides is 2. The van der Waals surface area contributed by atoms with Gasteiger partial charge in [-0.2, -0.15) is 0 Å². The first-order chi connectivity index (χ1) is 8.10. The molecule has 2 N–H and O–H groups in total. The SMILES string of the molecule is Nc1ccc(F)c([C@@]2(CF)N=COC[C@H]2F)c1. The number of hydrogen-bond donors (Lipinski definition) is 1. The summed E-state index contributed by atoms with van der Waals surface area (Å²) in [5, 5.41) is 0. The summed E-state index contributed by atoms with van der Waals surface area (Å²) in [7, 11) is 0. The molecular weight excluding hydrogens is 233 g/mol. The minimum atomic E-state index is -1.89. The summed E-state index contributed by atoms with van der Waals surface area (Å²) < 4.78 is 45.3. The van der Waals surface area contributed by atoms with Crippen LogP contribution < -0.4 is 5.73 Å². The minimum absolute atomic E-state index is 0.188. The molecule has 0 saturated carbocycles. The lowest BCUT2D eigenvalue weighted by molar-refractivity contribution is 0.0735. The van der Waals surface area contributed by atoms with Gasteiger partial charge in [0, 0.05) is 11.3 Å². The second-order valence-corrected chi connectivity index (χ2v) is 3.83. The molecule has 1 aliphatic heterocycles. The van der Waals surface area contributed by atoms with Crippen LogP contribution in [-0.2, 0) is 10.3 Å². The molecule has 0 aromatic heterocycles. The minimum Gasteiger partial charge on any atom is -0.480 e. The molecule has 1 aromatic carbocycles. The third kappa shape index (κ3) is 1.83. The third-order valence-electron chi connectivity index (χ3n) is 2.78. The molecule has 0 amide bonds. The first kappa shape index (κ1) is 11.8. The molecule has 0 radical (unpaired) electrons. The molecule has 1 heterocycles. The van der Waals surface area contributed by atoms with Gasteiger partial charge in [-0.05, 0) is 18.2 Å². The Hall–Kier alpha value is -1.72. The predicted octanol–water partition coefficient (Wildman–Crippen LogP) is 1.97. The molecule has 0 spiro atoms. The van der Waals surface area contributed by atoms with E-state index in [4.69, 9.17) is 5.73 Å². The van der Waals surface area contributed by atoms with Crippen LogP contribution in [0.15, 0.2) is 23.2 Å². The van der Waals surface area contributed by atoms with Crippen LogP contribution >= 0.6 is 0 Å². The monoisotopic (exact) mass is 244 g/mol. The predicted molar refractivity (Wildman–Crippen MR) is 57.8 cm³/mol. The average molecular weight is 244 g/mol. The van der Waals surface area contributed by atoms with Crippen molar-refractivity contribution in [2.24, 2.45) is 4.99 Å². The Bertz CT molecular complexity index is 452. The molecule has 1 aromatic rings. The fourth-order valence-corrected chi connectivity index (χ4v) is 1.78. The van der Waals surface area contributed by atoms with Gasteiger partial charge in [0.1, 0.15) is 19.1 Å². The topological polar surface area (TPSA) is 47.6 Å².